The first-order valence-electron chi connectivity index (χ1n) is 5.47. The number of amides is 2. The van der Waals surface area contributed by atoms with Gasteiger partial charge in [-0.25, -0.2) is 17.5 Å². The van der Waals surface area contributed by atoms with Crippen LogP contribution in [0.4, 0.5) is 4.79 Å². The second-order valence-corrected chi connectivity index (χ2v) is 6.27. The number of carbonyl (C=O) groups is 1. The van der Waals surface area contributed by atoms with Crippen molar-refractivity contribution < 1.29 is 13.2 Å². The Morgan fingerprint density at radius 1 is 1.56 bits per heavy atom. The highest BCUT2D eigenvalue weighted by atomic mass is 32.2. The molecule has 3 N–H and O–H groups in total. The van der Waals surface area contributed by atoms with Crippen LogP contribution in [0.3, 0.4) is 0 Å². The van der Waals surface area contributed by atoms with Gasteiger partial charge in [0.25, 0.3) is 0 Å². The average Bonchev–Trinajstić information content (AvgIpc) is 2.27. The summed E-state index contributed by atoms with van der Waals surface area (Å²) in [5, 5.41) is 2.52. The van der Waals surface area contributed by atoms with E-state index in [-0.39, 0.29) is 11.7 Å². The predicted molar refractivity (Wildman–Crippen MR) is 61.3 cm³/mol. The van der Waals surface area contributed by atoms with Gasteiger partial charge in [0.1, 0.15) is 0 Å². The molecule has 1 heterocycles. The maximum absolute atomic E-state index is 11.7. The van der Waals surface area contributed by atoms with Crippen molar-refractivity contribution in [3.63, 3.8) is 0 Å². The van der Waals surface area contributed by atoms with Gasteiger partial charge in [-0.3, -0.25) is 0 Å². The molecule has 1 rings (SSSR count). The van der Waals surface area contributed by atoms with Crippen LogP contribution in [-0.4, -0.2) is 44.1 Å². The van der Waals surface area contributed by atoms with Crippen molar-refractivity contribution in [3.8, 4) is 0 Å². The number of nitrogens with two attached hydrogens (primary N) is 1. The van der Waals surface area contributed by atoms with E-state index in [0.717, 1.165) is 12.8 Å². The molecule has 0 bridgehead atoms. The number of hydrogen-bond donors (Lipinski definition) is 2. The van der Waals surface area contributed by atoms with Gasteiger partial charge in [0.2, 0.25) is 10.0 Å². The number of rotatable bonds is 4. The van der Waals surface area contributed by atoms with Gasteiger partial charge in [-0.1, -0.05) is 0 Å². The van der Waals surface area contributed by atoms with Crippen LogP contribution in [0.15, 0.2) is 0 Å². The molecular formula is C9H19N3O3S. The average molecular weight is 249 g/mol. The van der Waals surface area contributed by atoms with E-state index < -0.39 is 16.1 Å². The number of nitrogens with one attached hydrogen (secondary N) is 1. The van der Waals surface area contributed by atoms with Crippen molar-refractivity contribution in [1.29, 1.82) is 0 Å². The molecule has 2 amide bonds. The second kappa shape index (κ2) is 5.49. The van der Waals surface area contributed by atoms with Gasteiger partial charge in [-0.15, -0.1) is 0 Å². The van der Waals surface area contributed by atoms with Crippen molar-refractivity contribution in [2.45, 2.75) is 19.8 Å². The maximum atomic E-state index is 11.7. The van der Waals surface area contributed by atoms with Crippen molar-refractivity contribution in [1.82, 2.24) is 9.62 Å². The van der Waals surface area contributed by atoms with Gasteiger partial charge >= 0.3 is 6.03 Å². The molecule has 1 fully saturated rings. The summed E-state index contributed by atoms with van der Waals surface area (Å²) >= 11 is 0. The van der Waals surface area contributed by atoms with E-state index in [1.165, 1.54) is 4.31 Å². The molecule has 94 valence electrons. The third-order valence-corrected chi connectivity index (χ3v) is 4.65. The summed E-state index contributed by atoms with van der Waals surface area (Å²) in [6, 6.07) is -0.560. The first-order valence-corrected chi connectivity index (χ1v) is 7.07. The van der Waals surface area contributed by atoms with Gasteiger partial charge < -0.3 is 11.1 Å². The summed E-state index contributed by atoms with van der Waals surface area (Å²) in [7, 11) is -3.10. The molecule has 1 aliphatic heterocycles. The summed E-state index contributed by atoms with van der Waals surface area (Å²) < 4.78 is 24.8. The maximum Gasteiger partial charge on any atom is 0.312 e. The number of primary amides is 1. The number of urea groups is 1. The fourth-order valence-electron chi connectivity index (χ4n) is 1.87. The second-order valence-electron chi connectivity index (χ2n) is 4.01. The molecule has 0 aliphatic carbocycles. The number of piperidine rings is 1. The van der Waals surface area contributed by atoms with E-state index in [2.05, 4.69) is 5.32 Å². The largest absolute Gasteiger partial charge is 0.352 e. The quantitative estimate of drug-likeness (QED) is 0.717. The summed E-state index contributed by atoms with van der Waals surface area (Å²) in [6.07, 6.45) is 1.76. The third kappa shape index (κ3) is 3.64. The fraction of sp³-hybridized carbons (Fsp3) is 0.889. The number of nitrogens with zero attached hydrogens (tertiary/aromatic N) is 1. The number of sulfonamides is 1. The normalized spacial score (nSPS) is 22.9. The highest BCUT2D eigenvalue weighted by Gasteiger charge is 2.27. The Kier molecular flexibility index (Phi) is 4.55. The highest BCUT2D eigenvalue weighted by Crippen LogP contribution is 2.18. The Balaban J connectivity index is 2.50. The lowest BCUT2D eigenvalue weighted by Gasteiger charge is -2.31. The van der Waals surface area contributed by atoms with E-state index in [1.807, 2.05) is 0 Å². The summed E-state index contributed by atoms with van der Waals surface area (Å²) in [5.41, 5.74) is 4.97. The summed E-state index contributed by atoms with van der Waals surface area (Å²) in [4.78, 5) is 10.6. The monoisotopic (exact) mass is 249 g/mol. The lowest BCUT2D eigenvalue weighted by atomic mass is 10.00. The van der Waals surface area contributed by atoms with Crippen LogP contribution in [0.25, 0.3) is 0 Å². The molecule has 0 aromatic carbocycles. The van der Waals surface area contributed by atoms with Crippen LogP contribution in [-0.2, 0) is 10.0 Å². The zero-order valence-electron chi connectivity index (χ0n) is 9.48. The number of hydrogen-bond acceptors (Lipinski definition) is 3. The van der Waals surface area contributed by atoms with Gasteiger partial charge in [-0.05, 0) is 25.7 Å². The Bertz CT molecular complexity index is 342. The van der Waals surface area contributed by atoms with E-state index in [1.54, 1.807) is 6.92 Å². The zero-order valence-corrected chi connectivity index (χ0v) is 10.3. The molecule has 0 aromatic rings. The standard InChI is InChI=1S/C9H19N3O3S/c1-2-16(14,15)12-5-3-4-8(7-12)6-11-9(10)13/h8H,2-7H2,1H3,(H3,10,11,13). The lowest BCUT2D eigenvalue weighted by Crippen LogP contribution is -2.44. The highest BCUT2D eigenvalue weighted by molar-refractivity contribution is 7.89. The van der Waals surface area contributed by atoms with Gasteiger partial charge in [-0.2, -0.15) is 0 Å². The molecule has 1 saturated heterocycles. The summed E-state index contributed by atoms with van der Waals surface area (Å²) in [5.74, 6) is 0.297. The van der Waals surface area contributed by atoms with Crippen molar-refractivity contribution in [3.05, 3.63) is 0 Å². The third-order valence-electron chi connectivity index (χ3n) is 2.80. The van der Waals surface area contributed by atoms with Crippen LogP contribution in [0.5, 0.6) is 0 Å². The molecule has 1 aliphatic rings. The summed E-state index contributed by atoms with van der Waals surface area (Å²) in [6.45, 7) is 3.16. The molecule has 0 spiro atoms. The first kappa shape index (κ1) is 13.2. The molecule has 1 atom stereocenters. The molecule has 0 aromatic heterocycles. The predicted octanol–water partition coefficient (Wildman–Crippen LogP) is -0.284. The van der Waals surface area contributed by atoms with Crippen molar-refractivity contribution in [2.24, 2.45) is 11.7 Å². The molecular weight excluding hydrogens is 230 g/mol. The van der Waals surface area contributed by atoms with E-state index in [0.29, 0.717) is 19.6 Å². The molecule has 7 heteroatoms. The van der Waals surface area contributed by atoms with Crippen LogP contribution in [0.2, 0.25) is 0 Å². The van der Waals surface area contributed by atoms with Crippen LogP contribution in [0, 0.1) is 5.92 Å². The minimum atomic E-state index is -3.10. The van der Waals surface area contributed by atoms with Crippen molar-refractivity contribution in [2.75, 3.05) is 25.4 Å². The Morgan fingerprint density at radius 3 is 2.81 bits per heavy atom. The SMILES string of the molecule is CCS(=O)(=O)N1CCCC(CNC(N)=O)C1. The molecule has 1 unspecified atom stereocenters. The van der Waals surface area contributed by atoms with Gasteiger partial charge in [0.05, 0.1) is 5.75 Å². The van der Waals surface area contributed by atoms with Gasteiger partial charge in [0, 0.05) is 19.6 Å². The van der Waals surface area contributed by atoms with E-state index in [4.69, 9.17) is 5.73 Å². The Hall–Kier alpha value is -0.820. The van der Waals surface area contributed by atoms with Crippen LogP contribution in [0.1, 0.15) is 19.8 Å². The zero-order chi connectivity index (χ0) is 12.2. The minimum absolute atomic E-state index is 0.128. The number of carbonyl (C=O) groups excluding carboxylic acids is 1. The minimum Gasteiger partial charge on any atom is -0.352 e. The van der Waals surface area contributed by atoms with Crippen molar-refractivity contribution >= 4 is 16.1 Å². The molecule has 0 radical (unpaired) electrons. The first-order chi connectivity index (χ1) is 7.45. The van der Waals surface area contributed by atoms with Gasteiger partial charge in [0.15, 0.2) is 0 Å². The van der Waals surface area contributed by atoms with Crippen LogP contribution >= 0.6 is 0 Å². The van der Waals surface area contributed by atoms with E-state index >= 15 is 0 Å². The smallest absolute Gasteiger partial charge is 0.312 e. The Labute approximate surface area is 96.2 Å². The molecule has 0 saturated carbocycles. The lowest BCUT2D eigenvalue weighted by molar-refractivity contribution is 0.236. The van der Waals surface area contributed by atoms with Crippen LogP contribution < -0.4 is 11.1 Å². The topological polar surface area (TPSA) is 92.5 Å². The van der Waals surface area contributed by atoms with E-state index in [9.17, 15) is 13.2 Å². The molecule has 16 heavy (non-hydrogen) atoms. The molecule has 6 nitrogen and oxygen atoms in total. The fourth-order valence-corrected chi connectivity index (χ4v) is 3.08. The Morgan fingerprint density at radius 2 is 2.25 bits per heavy atom.